The number of fused-ring (bicyclic) bond motifs is 1. The molecule has 0 spiro atoms. The lowest BCUT2D eigenvalue weighted by molar-refractivity contribution is -0.140. The van der Waals surface area contributed by atoms with E-state index in [0.29, 0.717) is 25.2 Å². The first kappa shape index (κ1) is 23.6. The molecule has 0 aromatic carbocycles. The zero-order valence-electron chi connectivity index (χ0n) is 18.7. The third kappa shape index (κ3) is 4.85. The van der Waals surface area contributed by atoms with E-state index in [1.807, 2.05) is 6.92 Å². The van der Waals surface area contributed by atoms with Crippen molar-refractivity contribution in [1.82, 2.24) is 24.5 Å². The van der Waals surface area contributed by atoms with E-state index >= 15 is 0 Å². The van der Waals surface area contributed by atoms with Gasteiger partial charge in [-0.25, -0.2) is 9.78 Å². The minimum atomic E-state index is -4.51. The highest BCUT2D eigenvalue weighted by Gasteiger charge is 2.34. The molecule has 3 aromatic rings. The molecule has 1 fully saturated rings. The summed E-state index contributed by atoms with van der Waals surface area (Å²) >= 11 is 0. The van der Waals surface area contributed by atoms with Gasteiger partial charge in [0.2, 0.25) is 0 Å². The molecular weight excluding hydrogens is 453 g/mol. The number of pyridine rings is 1. The summed E-state index contributed by atoms with van der Waals surface area (Å²) in [5, 5.41) is 10.4. The Kier molecular flexibility index (Phi) is 6.49. The van der Waals surface area contributed by atoms with E-state index in [2.05, 4.69) is 20.7 Å². The van der Waals surface area contributed by atoms with Crippen molar-refractivity contribution < 1.29 is 27.5 Å². The van der Waals surface area contributed by atoms with Crippen molar-refractivity contribution in [2.75, 3.05) is 12.4 Å². The number of methoxy groups -OCH3 is 1. The van der Waals surface area contributed by atoms with Crippen LogP contribution in [0.15, 0.2) is 30.5 Å². The Balaban J connectivity index is 1.36. The standard InChI is InChI=1S/C22H25F3N6O3/c1-3-31-16(21(33)34-2)11-15(29-31)20(32)27-14-9-7-13(8-10-14)26-18-5-4-6-19-28-17(12-30(18)19)22(23,24)25/h4-6,11-14,26H,3,7-10H2,1-2H3,(H,27,32). The van der Waals surface area contributed by atoms with Gasteiger partial charge in [0.25, 0.3) is 5.91 Å². The number of amides is 1. The van der Waals surface area contributed by atoms with Crippen LogP contribution in [0.5, 0.6) is 0 Å². The number of halogens is 3. The first-order chi connectivity index (χ1) is 16.2. The zero-order chi connectivity index (χ0) is 24.5. The summed E-state index contributed by atoms with van der Waals surface area (Å²) < 4.78 is 46.6. The summed E-state index contributed by atoms with van der Waals surface area (Å²) in [5.74, 6) is -0.389. The van der Waals surface area contributed by atoms with Gasteiger partial charge in [-0.1, -0.05) is 6.07 Å². The first-order valence-electron chi connectivity index (χ1n) is 11.0. The number of anilines is 1. The number of rotatable bonds is 6. The molecular formula is C22H25F3N6O3. The van der Waals surface area contributed by atoms with Crippen LogP contribution < -0.4 is 10.6 Å². The maximum absolute atomic E-state index is 13.0. The number of esters is 1. The van der Waals surface area contributed by atoms with Crippen LogP contribution in [-0.4, -0.2) is 50.2 Å². The largest absolute Gasteiger partial charge is 0.464 e. The highest BCUT2D eigenvalue weighted by atomic mass is 19.4. The molecule has 2 N–H and O–H groups in total. The molecule has 1 amide bonds. The maximum Gasteiger partial charge on any atom is 0.434 e. The molecule has 1 aliphatic rings. The monoisotopic (exact) mass is 478 g/mol. The molecule has 0 radical (unpaired) electrons. The van der Waals surface area contributed by atoms with Crippen molar-refractivity contribution in [2.45, 2.75) is 57.4 Å². The molecule has 182 valence electrons. The van der Waals surface area contributed by atoms with Crippen molar-refractivity contribution in [3.8, 4) is 0 Å². The van der Waals surface area contributed by atoms with Gasteiger partial charge in [-0.15, -0.1) is 0 Å². The maximum atomic E-state index is 13.0. The highest BCUT2D eigenvalue weighted by Crippen LogP contribution is 2.30. The molecule has 12 heteroatoms. The first-order valence-corrected chi connectivity index (χ1v) is 11.0. The summed E-state index contributed by atoms with van der Waals surface area (Å²) in [4.78, 5) is 28.2. The van der Waals surface area contributed by atoms with Crippen molar-refractivity contribution >= 4 is 23.3 Å². The van der Waals surface area contributed by atoms with Crippen molar-refractivity contribution in [3.05, 3.63) is 47.5 Å². The lowest BCUT2D eigenvalue weighted by atomic mass is 9.91. The van der Waals surface area contributed by atoms with Crippen molar-refractivity contribution in [2.24, 2.45) is 0 Å². The average Bonchev–Trinajstić information content (AvgIpc) is 3.45. The predicted molar refractivity (Wildman–Crippen MR) is 117 cm³/mol. The quantitative estimate of drug-likeness (QED) is 0.526. The minimum Gasteiger partial charge on any atom is -0.464 e. The zero-order valence-corrected chi connectivity index (χ0v) is 18.7. The van der Waals surface area contributed by atoms with Crippen LogP contribution in [0.4, 0.5) is 19.0 Å². The van der Waals surface area contributed by atoms with Crippen LogP contribution in [-0.2, 0) is 17.5 Å². The predicted octanol–water partition coefficient (Wildman–Crippen LogP) is 3.51. The molecule has 1 aliphatic carbocycles. The number of aryl methyl sites for hydroxylation is 1. The van der Waals surface area contributed by atoms with E-state index in [-0.39, 0.29) is 35.0 Å². The Hall–Kier alpha value is -3.57. The SMILES string of the molecule is CCn1nc(C(=O)NC2CCC(Nc3cccc4nc(C(F)(F)F)cn34)CC2)cc1C(=O)OC. The third-order valence-corrected chi connectivity index (χ3v) is 5.90. The number of hydrogen-bond donors (Lipinski definition) is 2. The van der Waals surface area contributed by atoms with Crippen LogP contribution in [0, 0.1) is 0 Å². The van der Waals surface area contributed by atoms with E-state index in [4.69, 9.17) is 4.74 Å². The van der Waals surface area contributed by atoms with Gasteiger partial charge in [-0.2, -0.15) is 18.3 Å². The van der Waals surface area contributed by atoms with Gasteiger partial charge in [0, 0.05) is 30.9 Å². The Morgan fingerprint density at radius 1 is 1.18 bits per heavy atom. The highest BCUT2D eigenvalue weighted by molar-refractivity contribution is 5.96. The van der Waals surface area contributed by atoms with Crippen LogP contribution in [0.2, 0.25) is 0 Å². The second-order valence-corrected chi connectivity index (χ2v) is 8.15. The number of ether oxygens (including phenoxy) is 1. The number of carbonyl (C=O) groups is 2. The number of imidazole rings is 1. The Morgan fingerprint density at radius 2 is 1.88 bits per heavy atom. The molecule has 3 heterocycles. The molecule has 3 aromatic heterocycles. The van der Waals surface area contributed by atoms with Crippen molar-refractivity contribution in [1.29, 1.82) is 0 Å². The summed E-state index contributed by atoms with van der Waals surface area (Å²) in [6.45, 7) is 2.23. The fraction of sp³-hybridized carbons (Fsp3) is 0.455. The van der Waals surface area contributed by atoms with Gasteiger partial charge in [-0.3, -0.25) is 13.9 Å². The van der Waals surface area contributed by atoms with Crippen LogP contribution >= 0.6 is 0 Å². The second-order valence-electron chi connectivity index (χ2n) is 8.15. The number of carbonyl (C=O) groups excluding carboxylic acids is 2. The van der Waals surface area contributed by atoms with E-state index in [1.165, 1.54) is 28.3 Å². The van der Waals surface area contributed by atoms with Crippen molar-refractivity contribution in [3.63, 3.8) is 0 Å². The van der Waals surface area contributed by atoms with E-state index in [0.717, 1.165) is 19.0 Å². The summed E-state index contributed by atoms with van der Waals surface area (Å²) in [6, 6.07) is 6.29. The lowest BCUT2D eigenvalue weighted by Crippen LogP contribution is -2.40. The van der Waals surface area contributed by atoms with Crippen LogP contribution in [0.3, 0.4) is 0 Å². The second kappa shape index (κ2) is 9.35. The van der Waals surface area contributed by atoms with Gasteiger partial charge in [-0.05, 0) is 44.7 Å². The number of nitrogens with zero attached hydrogens (tertiary/aromatic N) is 4. The molecule has 9 nitrogen and oxygen atoms in total. The Morgan fingerprint density at radius 3 is 2.53 bits per heavy atom. The smallest absolute Gasteiger partial charge is 0.434 e. The van der Waals surface area contributed by atoms with Gasteiger partial charge in [0.05, 0.1) is 7.11 Å². The van der Waals surface area contributed by atoms with Crippen LogP contribution in [0.1, 0.15) is 59.3 Å². The minimum absolute atomic E-state index is 0.0423. The van der Waals surface area contributed by atoms with E-state index in [9.17, 15) is 22.8 Å². The molecule has 0 saturated heterocycles. The van der Waals surface area contributed by atoms with E-state index in [1.54, 1.807) is 12.1 Å². The summed E-state index contributed by atoms with van der Waals surface area (Å²) in [5.41, 5.74) is -0.356. The fourth-order valence-electron chi connectivity index (χ4n) is 4.15. The average molecular weight is 478 g/mol. The Bertz CT molecular complexity index is 1190. The fourth-order valence-corrected chi connectivity index (χ4v) is 4.15. The number of nitrogens with one attached hydrogen (secondary N) is 2. The lowest BCUT2D eigenvalue weighted by Gasteiger charge is -2.30. The van der Waals surface area contributed by atoms with Gasteiger partial charge >= 0.3 is 12.1 Å². The number of aromatic nitrogens is 4. The summed E-state index contributed by atoms with van der Waals surface area (Å²) in [7, 11) is 1.27. The number of alkyl halides is 3. The molecule has 0 unspecified atom stereocenters. The van der Waals surface area contributed by atoms with Gasteiger partial charge in [0.1, 0.15) is 17.2 Å². The van der Waals surface area contributed by atoms with Gasteiger partial charge in [0.15, 0.2) is 11.4 Å². The van der Waals surface area contributed by atoms with Gasteiger partial charge < -0.3 is 15.4 Å². The Labute approximate surface area is 193 Å². The number of hydrogen-bond acceptors (Lipinski definition) is 6. The molecule has 0 atom stereocenters. The van der Waals surface area contributed by atoms with Crippen LogP contribution in [0.25, 0.3) is 5.65 Å². The molecule has 0 aliphatic heterocycles. The summed E-state index contributed by atoms with van der Waals surface area (Å²) in [6.07, 6.45) is -0.700. The molecule has 4 rings (SSSR count). The molecule has 34 heavy (non-hydrogen) atoms. The third-order valence-electron chi connectivity index (χ3n) is 5.90. The molecule has 1 saturated carbocycles. The van der Waals surface area contributed by atoms with E-state index < -0.39 is 17.8 Å². The topological polar surface area (TPSA) is 103 Å². The normalized spacial score (nSPS) is 18.6. The molecule has 0 bridgehead atoms.